The summed E-state index contributed by atoms with van der Waals surface area (Å²) in [4.78, 5) is 30.2. The van der Waals surface area contributed by atoms with Gasteiger partial charge in [-0.25, -0.2) is 9.78 Å². The molecule has 0 atom stereocenters. The summed E-state index contributed by atoms with van der Waals surface area (Å²) in [5.41, 5.74) is 0.623. The molecule has 1 N–H and O–H groups in total. The van der Waals surface area contributed by atoms with Crippen molar-refractivity contribution in [3.05, 3.63) is 26.7 Å². The van der Waals surface area contributed by atoms with E-state index in [2.05, 4.69) is 10.3 Å². The fourth-order valence-corrected chi connectivity index (χ4v) is 3.37. The average Bonchev–Trinajstić information content (AvgIpc) is 2.86. The molecule has 0 radical (unpaired) electrons. The van der Waals surface area contributed by atoms with E-state index in [-0.39, 0.29) is 17.3 Å². The number of nitrogens with one attached hydrogen (secondary N) is 1. The van der Waals surface area contributed by atoms with E-state index in [9.17, 15) is 9.59 Å². The molecule has 3 rings (SSSR count). The number of hydrogen-bond donors (Lipinski definition) is 1. The SMILES string of the molecule is CCc1nc2c(c(=O)n(C3CCNCC3)c(=O)n2CC)n1C. The third kappa shape index (κ3) is 2.11. The molecule has 0 saturated carbocycles. The van der Waals surface area contributed by atoms with Gasteiger partial charge < -0.3 is 9.88 Å². The minimum absolute atomic E-state index is 0.0246. The van der Waals surface area contributed by atoms with Crippen LogP contribution in [0, 0.1) is 0 Å². The highest BCUT2D eigenvalue weighted by molar-refractivity contribution is 5.71. The number of nitrogens with zero attached hydrogens (tertiary/aromatic N) is 4. The first-order chi connectivity index (χ1) is 10.6. The van der Waals surface area contributed by atoms with Crippen LogP contribution in [0.1, 0.15) is 38.6 Å². The van der Waals surface area contributed by atoms with Gasteiger partial charge in [0, 0.05) is 26.1 Å². The van der Waals surface area contributed by atoms with Crippen LogP contribution in [0.5, 0.6) is 0 Å². The summed E-state index contributed by atoms with van der Waals surface area (Å²) in [6.07, 6.45) is 2.35. The molecule has 120 valence electrons. The molecular formula is C15H23N5O2. The Morgan fingerprint density at radius 2 is 1.91 bits per heavy atom. The van der Waals surface area contributed by atoms with E-state index in [0.29, 0.717) is 17.7 Å². The Labute approximate surface area is 128 Å². The monoisotopic (exact) mass is 305 g/mol. The van der Waals surface area contributed by atoms with E-state index < -0.39 is 0 Å². The van der Waals surface area contributed by atoms with Gasteiger partial charge in [-0.1, -0.05) is 6.92 Å². The van der Waals surface area contributed by atoms with Crippen molar-refractivity contribution in [2.45, 2.75) is 45.7 Å². The third-order valence-corrected chi connectivity index (χ3v) is 4.59. The molecule has 2 aromatic rings. The molecule has 1 aliphatic rings. The van der Waals surface area contributed by atoms with Crippen molar-refractivity contribution in [3.8, 4) is 0 Å². The molecule has 0 unspecified atom stereocenters. The van der Waals surface area contributed by atoms with Crippen molar-refractivity contribution >= 4 is 11.2 Å². The zero-order valence-corrected chi connectivity index (χ0v) is 13.4. The van der Waals surface area contributed by atoms with Gasteiger partial charge in [0.2, 0.25) is 0 Å². The standard InChI is InChI=1S/C15H23N5O2/c1-4-11-17-13-12(18(11)3)14(21)20(15(22)19(13)5-2)10-6-8-16-9-7-10/h10,16H,4-9H2,1-3H3. The second-order valence-corrected chi connectivity index (χ2v) is 5.80. The Balaban J connectivity index is 2.35. The van der Waals surface area contributed by atoms with Gasteiger partial charge in [-0.2, -0.15) is 0 Å². The highest BCUT2D eigenvalue weighted by Gasteiger charge is 2.24. The summed E-state index contributed by atoms with van der Waals surface area (Å²) in [7, 11) is 1.85. The molecule has 0 amide bonds. The van der Waals surface area contributed by atoms with Crippen LogP contribution in [0.4, 0.5) is 0 Å². The van der Waals surface area contributed by atoms with Gasteiger partial charge in [0.15, 0.2) is 11.2 Å². The predicted octanol–water partition coefficient (Wildman–Crippen LogP) is 0.404. The molecule has 1 fully saturated rings. The minimum Gasteiger partial charge on any atom is -0.325 e. The quantitative estimate of drug-likeness (QED) is 0.891. The second-order valence-electron chi connectivity index (χ2n) is 5.80. The number of fused-ring (bicyclic) bond motifs is 1. The zero-order chi connectivity index (χ0) is 15.9. The Bertz CT molecular complexity index is 808. The summed E-state index contributed by atoms with van der Waals surface area (Å²) >= 11 is 0. The molecule has 2 aromatic heterocycles. The lowest BCUT2D eigenvalue weighted by molar-refractivity contribution is 0.345. The second kappa shape index (κ2) is 5.72. The molecule has 1 saturated heterocycles. The van der Waals surface area contributed by atoms with E-state index in [1.54, 1.807) is 4.57 Å². The lowest BCUT2D eigenvalue weighted by Gasteiger charge is -2.24. The number of rotatable bonds is 3. The number of piperidine rings is 1. The highest BCUT2D eigenvalue weighted by atomic mass is 16.2. The summed E-state index contributed by atoms with van der Waals surface area (Å²) < 4.78 is 4.91. The molecule has 0 aromatic carbocycles. The Morgan fingerprint density at radius 3 is 2.50 bits per heavy atom. The summed E-state index contributed by atoms with van der Waals surface area (Å²) in [6, 6.07) is -0.0246. The smallest absolute Gasteiger partial charge is 0.325 e. The van der Waals surface area contributed by atoms with Crippen LogP contribution in [0.25, 0.3) is 11.2 Å². The van der Waals surface area contributed by atoms with Crippen molar-refractivity contribution in [3.63, 3.8) is 0 Å². The van der Waals surface area contributed by atoms with Crippen LogP contribution < -0.4 is 16.6 Å². The van der Waals surface area contributed by atoms with E-state index in [1.807, 2.05) is 25.5 Å². The third-order valence-electron chi connectivity index (χ3n) is 4.59. The van der Waals surface area contributed by atoms with Crippen molar-refractivity contribution in [1.29, 1.82) is 0 Å². The van der Waals surface area contributed by atoms with Gasteiger partial charge >= 0.3 is 5.69 Å². The van der Waals surface area contributed by atoms with Crippen molar-refractivity contribution in [2.24, 2.45) is 7.05 Å². The van der Waals surface area contributed by atoms with Crippen LogP contribution >= 0.6 is 0 Å². The Hall–Kier alpha value is -1.89. The molecule has 0 spiro atoms. The fraction of sp³-hybridized carbons (Fsp3) is 0.667. The summed E-state index contributed by atoms with van der Waals surface area (Å²) in [5.74, 6) is 0.830. The number of aromatic nitrogens is 4. The van der Waals surface area contributed by atoms with Gasteiger partial charge in [0.1, 0.15) is 5.82 Å². The summed E-state index contributed by atoms with van der Waals surface area (Å²) in [5, 5.41) is 3.27. The number of imidazole rings is 1. The van der Waals surface area contributed by atoms with E-state index >= 15 is 0 Å². The van der Waals surface area contributed by atoms with Crippen LogP contribution in [0.2, 0.25) is 0 Å². The van der Waals surface area contributed by atoms with Crippen LogP contribution in [0.3, 0.4) is 0 Å². The molecule has 7 heteroatoms. The van der Waals surface area contributed by atoms with Gasteiger partial charge in [-0.05, 0) is 32.9 Å². The van der Waals surface area contributed by atoms with Crippen LogP contribution in [0.15, 0.2) is 9.59 Å². The Morgan fingerprint density at radius 1 is 1.23 bits per heavy atom. The van der Waals surface area contributed by atoms with E-state index in [0.717, 1.165) is 38.2 Å². The highest BCUT2D eigenvalue weighted by Crippen LogP contribution is 2.17. The van der Waals surface area contributed by atoms with Crippen LogP contribution in [-0.2, 0) is 20.0 Å². The predicted molar refractivity (Wildman–Crippen MR) is 85.4 cm³/mol. The lowest BCUT2D eigenvalue weighted by atomic mass is 10.1. The maximum absolute atomic E-state index is 12.9. The molecular weight excluding hydrogens is 282 g/mol. The van der Waals surface area contributed by atoms with Gasteiger partial charge in [0.25, 0.3) is 5.56 Å². The molecule has 7 nitrogen and oxygen atoms in total. The Kier molecular flexibility index (Phi) is 3.90. The first kappa shape index (κ1) is 15.0. The van der Waals surface area contributed by atoms with Crippen molar-refractivity contribution < 1.29 is 0 Å². The number of hydrogen-bond acceptors (Lipinski definition) is 4. The first-order valence-electron chi connectivity index (χ1n) is 8.01. The maximum Gasteiger partial charge on any atom is 0.332 e. The molecule has 3 heterocycles. The normalized spacial score (nSPS) is 16.5. The average molecular weight is 305 g/mol. The van der Waals surface area contributed by atoms with E-state index in [4.69, 9.17) is 0 Å². The van der Waals surface area contributed by atoms with Gasteiger partial charge in [0.05, 0.1) is 0 Å². The van der Waals surface area contributed by atoms with Crippen molar-refractivity contribution in [1.82, 2.24) is 24.0 Å². The lowest BCUT2D eigenvalue weighted by Crippen LogP contribution is -2.45. The number of aryl methyl sites for hydroxylation is 3. The van der Waals surface area contributed by atoms with E-state index in [1.165, 1.54) is 4.57 Å². The topological polar surface area (TPSA) is 73.8 Å². The first-order valence-corrected chi connectivity index (χ1v) is 8.01. The van der Waals surface area contributed by atoms with Gasteiger partial charge in [-0.3, -0.25) is 13.9 Å². The van der Waals surface area contributed by atoms with Crippen LogP contribution in [-0.4, -0.2) is 31.8 Å². The maximum atomic E-state index is 12.9. The van der Waals surface area contributed by atoms with Gasteiger partial charge in [-0.15, -0.1) is 0 Å². The molecule has 0 bridgehead atoms. The largest absolute Gasteiger partial charge is 0.332 e. The molecule has 0 aliphatic carbocycles. The summed E-state index contributed by atoms with van der Waals surface area (Å²) in [6.45, 7) is 6.11. The fourth-order valence-electron chi connectivity index (χ4n) is 3.37. The minimum atomic E-state index is -0.229. The molecule has 22 heavy (non-hydrogen) atoms. The zero-order valence-electron chi connectivity index (χ0n) is 13.4. The molecule has 1 aliphatic heterocycles. The van der Waals surface area contributed by atoms with Crippen molar-refractivity contribution in [2.75, 3.05) is 13.1 Å².